The van der Waals surface area contributed by atoms with Crippen LogP contribution in [0.25, 0.3) is 122 Å². The molecule has 3 heterocycles. The number of aromatic nitrogens is 5. The molecule has 13 aromatic rings. The Balaban J connectivity index is 1.03. The molecule has 0 spiro atoms. The third-order valence-corrected chi connectivity index (χ3v) is 12.8. The van der Waals surface area contributed by atoms with Crippen LogP contribution < -0.4 is 0 Å². The van der Waals surface area contributed by atoms with E-state index in [-0.39, 0.29) is 0 Å². The summed E-state index contributed by atoms with van der Waals surface area (Å²) in [6, 6.07) is 79.9. The Hall–Kier alpha value is -8.67. The highest BCUT2D eigenvalue weighted by Gasteiger charge is 2.22. The van der Waals surface area contributed by atoms with Crippen molar-refractivity contribution in [2.24, 2.45) is 0 Å². The maximum Gasteiger partial charge on any atom is 0.238 e. The lowest BCUT2D eigenvalue weighted by Gasteiger charge is -2.15. The zero-order valence-corrected chi connectivity index (χ0v) is 34.6. The van der Waals surface area contributed by atoms with E-state index in [1.54, 1.807) is 0 Å². The van der Waals surface area contributed by atoms with Crippen LogP contribution in [0.1, 0.15) is 0 Å². The van der Waals surface area contributed by atoms with Crippen molar-refractivity contribution in [2.45, 2.75) is 0 Å². The lowest BCUT2D eigenvalue weighted by atomic mass is 9.96. The molecule has 13 rings (SSSR count). The number of benzene rings is 10. The second kappa shape index (κ2) is 14.5. The highest BCUT2D eigenvalue weighted by atomic mass is 15.2. The van der Waals surface area contributed by atoms with Gasteiger partial charge >= 0.3 is 0 Å². The first-order valence-electron chi connectivity index (χ1n) is 21.7. The summed E-state index contributed by atoms with van der Waals surface area (Å²) >= 11 is 0. The highest BCUT2D eigenvalue weighted by molar-refractivity contribution is 6.12. The molecular weight excluding hydrogens is 779 g/mol. The fraction of sp³-hybridized carbons (Fsp3) is 0. The van der Waals surface area contributed by atoms with E-state index in [0.29, 0.717) is 17.6 Å². The molecule has 0 amide bonds. The van der Waals surface area contributed by atoms with Gasteiger partial charge in [0.15, 0.2) is 11.6 Å². The van der Waals surface area contributed by atoms with E-state index in [9.17, 15) is 0 Å². The number of hydrogen-bond donors (Lipinski definition) is 0. The van der Waals surface area contributed by atoms with Gasteiger partial charge in [0.25, 0.3) is 0 Å². The fourth-order valence-electron chi connectivity index (χ4n) is 9.78. The molecule has 10 aromatic carbocycles. The summed E-state index contributed by atoms with van der Waals surface area (Å²) in [6.45, 7) is 0. The lowest BCUT2D eigenvalue weighted by molar-refractivity contribution is 0.952. The van der Waals surface area contributed by atoms with Crippen molar-refractivity contribution in [3.63, 3.8) is 0 Å². The summed E-state index contributed by atoms with van der Waals surface area (Å²) in [4.78, 5) is 16.2. The second-order valence-corrected chi connectivity index (χ2v) is 16.4. The molecule has 0 fully saturated rings. The Kier molecular flexibility index (Phi) is 8.15. The molecule has 0 aliphatic carbocycles. The summed E-state index contributed by atoms with van der Waals surface area (Å²) in [5.74, 6) is 1.75. The average molecular weight is 816 g/mol. The summed E-state index contributed by atoms with van der Waals surface area (Å²) in [5, 5.41) is 9.62. The van der Waals surface area contributed by atoms with Crippen molar-refractivity contribution >= 4 is 65.2 Å². The molecule has 64 heavy (non-hydrogen) atoms. The summed E-state index contributed by atoms with van der Waals surface area (Å²) < 4.78 is 4.55. The Morgan fingerprint density at radius 3 is 1.59 bits per heavy atom. The van der Waals surface area contributed by atoms with Gasteiger partial charge in [0, 0.05) is 32.7 Å². The monoisotopic (exact) mass is 815 g/mol. The lowest BCUT2D eigenvalue weighted by Crippen LogP contribution is -2.07. The molecule has 0 bridgehead atoms. The van der Waals surface area contributed by atoms with Crippen LogP contribution in [-0.2, 0) is 0 Å². The zero-order chi connectivity index (χ0) is 42.1. The van der Waals surface area contributed by atoms with E-state index < -0.39 is 0 Å². The maximum atomic E-state index is 5.42. The molecule has 0 unspecified atom stereocenters. The molecule has 0 radical (unpaired) electrons. The molecule has 0 atom stereocenters. The molecule has 298 valence electrons. The van der Waals surface area contributed by atoms with Crippen LogP contribution in [0, 0.1) is 0 Å². The topological polar surface area (TPSA) is 48.5 Å². The predicted octanol–water partition coefficient (Wildman–Crippen LogP) is 15.0. The summed E-state index contributed by atoms with van der Waals surface area (Å²) in [7, 11) is 0. The van der Waals surface area contributed by atoms with Crippen LogP contribution >= 0.6 is 0 Å². The van der Waals surface area contributed by atoms with Crippen LogP contribution in [0.5, 0.6) is 0 Å². The fourth-order valence-corrected chi connectivity index (χ4v) is 9.78. The molecule has 3 aromatic heterocycles. The maximum absolute atomic E-state index is 5.42. The van der Waals surface area contributed by atoms with E-state index in [4.69, 9.17) is 15.0 Å². The first-order chi connectivity index (χ1) is 31.7. The zero-order valence-electron chi connectivity index (χ0n) is 34.6. The van der Waals surface area contributed by atoms with E-state index in [2.05, 4.69) is 234 Å². The molecular formula is C59H37N5. The van der Waals surface area contributed by atoms with E-state index in [1.807, 2.05) is 0 Å². The van der Waals surface area contributed by atoms with Gasteiger partial charge in [-0.15, -0.1) is 0 Å². The van der Waals surface area contributed by atoms with Crippen LogP contribution in [0.15, 0.2) is 224 Å². The molecule has 0 saturated carbocycles. The van der Waals surface area contributed by atoms with Gasteiger partial charge in [0.1, 0.15) is 0 Å². The summed E-state index contributed by atoms with van der Waals surface area (Å²) in [5.41, 5.74) is 11.7. The van der Waals surface area contributed by atoms with Crippen LogP contribution in [0.3, 0.4) is 0 Å². The standard InChI is InChI=1S/C59H37N5/c1-2-15-38(16-3-1)42-32-34-56-51(37-42)49-23-8-10-25-52(49)63(56)55-28-13-9-24-50(55)58-60-57(61-59(62-58)64-53-26-11-6-21-47(53)48-22-7-12-27-54(48)64)44-19-14-18-40(36-44)41-31-33-46-43(35-41)30-29-39-17-4-5-20-45(39)46/h1-37H. The van der Waals surface area contributed by atoms with Gasteiger partial charge in [0.2, 0.25) is 5.95 Å². The minimum absolute atomic E-state index is 0.560. The van der Waals surface area contributed by atoms with Crippen molar-refractivity contribution in [1.82, 2.24) is 24.1 Å². The van der Waals surface area contributed by atoms with Crippen molar-refractivity contribution < 1.29 is 0 Å². The summed E-state index contributed by atoms with van der Waals surface area (Å²) in [6.07, 6.45) is 0. The Morgan fingerprint density at radius 1 is 0.266 bits per heavy atom. The second-order valence-electron chi connectivity index (χ2n) is 16.4. The quantitative estimate of drug-likeness (QED) is 0.157. The predicted molar refractivity (Wildman–Crippen MR) is 265 cm³/mol. The molecule has 0 aliphatic heterocycles. The normalized spacial score (nSPS) is 11.8. The third-order valence-electron chi connectivity index (χ3n) is 12.8. The minimum atomic E-state index is 0.560. The van der Waals surface area contributed by atoms with Gasteiger partial charge in [-0.25, -0.2) is 4.98 Å². The third kappa shape index (κ3) is 5.75. The smallest absolute Gasteiger partial charge is 0.238 e. The number of hydrogen-bond acceptors (Lipinski definition) is 3. The van der Waals surface area contributed by atoms with Gasteiger partial charge in [0.05, 0.1) is 27.8 Å². The van der Waals surface area contributed by atoms with Gasteiger partial charge < -0.3 is 4.57 Å². The largest absolute Gasteiger partial charge is 0.309 e. The molecule has 5 nitrogen and oxygen atoms in total. The van der Waals surface area contributed by atoms with Crippen molar-refractivity contribution in [3.05, 3.63) is 224 Å². The molecule has 0 aliphatic rings. The number of para-hydroxylation sites is 4. The number of rotatable bonds is 6. The van der Waals surface area contributed by atoms with Gasteiger partial charge in [-0.1, -0.05) is 170 Å². The van der Waals surface area contributed by atoms with Gasteiger partial charge in [-0.3, -0.25) is 4.57 Å². The highest BCUT2D eigenvalue weighted by Crippen LogP contribution is 2.39. The average Bonchev–Trinajstić information content (AvgIpc) is 3.89. The molecule has 0 saturated heterocycles. The van der Waals surface area contributed by atoms with Crippen LogP contribution in [0.4, 0.5) is 0 Å². The van der Waals surface area contributed by atoms with Gasteiger partial charge in [-0.05, 0) is 98.4 Å². The van der Waals surface area contributed by atoms with E-state index in [1.165, 1.54) is 43.4 Å². The Bertz CT molecular complexity index is 3920. The first kappa shape index (κ1) is 36.0. The molecule has 5 heteroatoms. The van der Waals surface area contributed by atoms with Crippen molar-refractivity contribution in [3.8, 4) is 56.7 Å². The Morgan fingerprint density at radius 2 is 0.797 bits per heavy atom. The van der Waals surface area contributed by atoms with Crippen molar-refractivity contribution in [2.75, 3.05) is 0 Å². The number of nitrogens with zero attached hydrogens (tertiary/aromatic N) is 5. The SMILES string of the molecule is c1ccc(-c2ccc3c(c2)c2ccccc2n3-c2ccccc2-c2nc(-c3cccc(-c4ccc5c(ccc6ccccc65)c4)c3)nc(-n3c4ccccc4c4ccccc43)n2)cc1. The number of fused-ring (bicyclic) bond motifs is 9. The van der Waals surface area contributed by atoms with Crippen LogP contribution in [-0.4, -0.2) is 24.1 Å². The van der Waals surface area contributed by atoms with Crippen LogP contribution in [0.2, 0.25) is 0 Å². The van der Waals surface area contributed by atoms with E-state index in [0.717, 1.165) is 60.8 Å². The van der Waals surface area contributed by atoms with Gasteiger partial charge in [-0.2, -0.15) is 9.97 Å². The Labute approximate surface area is 368 Å². The minimum Gasteiger partial charge on any atom is -0.309 e. The molecule has 0 N–H and O–H groups in total. The first-order valence-corrected chi connectivity index (χ1v) is 21.7. The van der Waals surface area contributed by atoms with E-state index >= 15 is 0 Å². The van der Waals surface area contributed by atoms with Crippen molar-refractivity contribution in [1.29, 1.82) is 0 Å².